The van der Waals surface area contributed by atoms with Gasteiger partial charge in [0.15, 0.2) is 0 Å². The fraction of sp³-hybridized carbons (Fsp3) is 0.0833. The second-order valence-corrected chi connectivity index (χ2v) is 7.08. The number of aromatic nitrogens is 3. The maximum Gasteiger partial charge on any atom is 0.124 e. The third kappa shape index (κ3) is 2.57. The van der Waals surface area contributed by atoms with Gasteiger partial charge in [0, 0.05) is 22.5 Å². The molecular formula is C24H18FN3. The van der Waals surface area contributed by atoms with Gasteiger partial charge >= 0.3 is 0 Å². The number of rotatable bonds is 2. The molecule has 0 unspecified atom stereocenters. The second-order valence-electron chi connectivity index (χ2n) is 7.08. The van der Waals surface area contributed by atoms with Gasteiger partial charge in [-0.15, -0.1) is 0 Å². The van der Waals surface area contributed by atoms with E-state index in [0.29, 0.717) is 0 Å². The minimum Gasteiger partial charge on any atom is -0.255 e. The fourth-order valence-electron chi connectivity index (χ4n) is 3.61. The lowest BCUT2D eigenvalue weighted by atomic mass is 10.1. The van der Waals surface area contributed by atoms with Crippen molar-refractivity contribution in [2.75, 3.05) is 0 Å². The standard InChI is InChI=1S/C24H18FN3/c1-15-8-10-19(12-16(15)2)28-24-20-13-18(25)9-11-22(20)26-14-21(24)23(27-28)17-6-4-3-5-7-17/h3-14H,1-2H3. The van der Waals surface area contributed by atoms with E-state index in [0.717, 1.165) is 38.8 Å². The quantitative estimate of drug-likeness (QED) is 0.383. The van der Waals surface area contributed by atoms with Crippen molar-refractivity contribution in [3.05, 3.63) is 89.9 Å². The summed E-state index contributed by atoms with van der Waals surface area (Å²) in [6, 6.07) is 21.0. The van der Waals surface area contributed by atoms with Crippen LogP contribution in [0, 0.1) is 19.7 Å². The number of hydrogen-bond donors (Lipinski definition) is 0. The van der Waals surface area contributed by atoms with Crippen LogP contribution in [0.25, 0.3) is 38.8 Å². The van der Waals surface area contributed by atoms with Crippen LogP contribution in [0.5, 0.6) is 0 Å². The molecule has 0 aliphatic carbocycles. The molecule has 2 aromatic heterocycles. The van der Waals surface area contributed by atoms with E-state index in [9.17, 15) is 4.39 Å². The number of nitrogens with zero attached hydrogens (tertiary/aromatic N) is 3. The molecule has 136 valence electrons. The zero-order chi connectivity index (χ0) is 19.3. The summed E-state index contributed by atoms with van der Waals surface area (Å²) in [7, 11) is 0. The first-order chi connectivity index (χ1) is 13.6. The van der Waals surface area contributed by atoms with Gasteiger partial charge in [0.25, 0.3) is 0 Å². The van der Waals surface area contributed by atoms with E-state index in [1.165, 1.54) is 17.2 Å². The zero-order valence-corrected chi connectivity index (χ0v) is 15.6. The monoisotopic (exact) mass is 367 g/mol. The van der Waals surface area contributed by atoms with E-state index in [2.05, 4.69) is 37.0 Å². The molecular weight excluding hydrogens is 349 g/mol. The number of fused-ring (bicyclic) bond motifs is 3. The van der Waals surface area contributed by atoms with Crippen LogP contribution in [-0.4, -0.2) is 14.8 Å². The molecule has 3 nitrogen and oxygen atoms in total. The minimum absolute atomic E-state index is 0.282. The lowest BCUT2D eigenvalue weighted by Crippen LogP contribution is -1.98. The molecule has 5 rings (SSSR count). The summed E-state index contributed by atoms with van der Waals surface area (Å²) in [5.41, 5.74) is 6.82. The van der Waals surface area contributed by atoms with Crippen LogP contribution in [0.15, 0.2) is 72.9 Å². The Kier molecular flexibility index (Phi) is 3.72. The van der Waals surface area contributed by atoms with Crippen LogP contribution in [0.1, 0.15) is 11.1 Å². The van der Waals surface area contributed by atoms with E-state index >= 15 is 0 Å². The van der Waals surface area contributed by atoms with Crippen molar-refractivity contribution in [1.29, 1.82) is 0 Å². The van der Waals surface area contributed by atoms with Gasteiger partial charge in [-0.25, -0.2) is 9.07 Å². The number of aryl methyl sites for hydroxylation is 2. The lowest BCUT2D eigenvalue weighted by Gasteiger charge is -2.08. The lowest BCUT2D eigenvalue weighted by molar-refractivity contribution is 0.629. The molecule has 4 heteroatoms. The Labute approximate surface area is 162 Å². The molecule has 0 aliphatic heterocycles. The van der Waals surface area contributed by atoms with E-state index in [-0.39, 0.29) is 5.82 Å². The van der Waals surface area contributed by atoms with E-state index in [1.54, 1.807) is 12.1 Å². The third-order valence-electron chi connectivity index (χ3n) is 5.25. The van der Waals surface area contributed by atoms with Gasteiger partial charge in [-0.05, 0) is 55.3 Å². The van der Waals surface area contributed by atoms with Crippen molar-refractivity contribution < 1.29 is 4.39 Å². The Balaban J connectivity index is 1.92. The minimum atomic E-state index is -0.282. The Hall–Kier alpha value is -3.53. The molecule has 0 saturated heterocycles. The number of halogens is 1. The molecule has 0 spiro atoms. The highest BCUT2D eigenvalue weighted by atomic mass is 19.1. The van der Waals surface area contributed by atoms with Crippen molar-refractivity contribution in [2.45, 2.75) is 13.8 Å². The summed E-state index contributed by atoms with van der Waals surface area (Å²) in [4.78, 5) is 4.56. The highest BCUT2D eigenvalue weighted by Gasteiger charge is 2.17. The first kappa shape index (κ1) is 16.6. The van der Waals surface area contributed by atoms with Gasteiger partial charge < -0.3 is 0 Å². The first-order valence-electron chi connectivity index (χ1n) is 9.22. The molecule has 0 atom stereocenters. The van der Waals surface area contributed by atoms with Crippen molar-refractivity contribution in [3.63, 3.8) is 0 Å². The molecule has 0 bridgehead atoms. The Morgan fingerprint density at radius 2 is 1.64 bits per heavy atom. The van der Waals surface area contributed by atoms with Crippen LogP contribution in [0.4, 0.5) is 4.39 Å². The Bertz CT molecular complexity index is 1340. The highest BCUT2D eigenvalue weighted by Crippen LogP contribution is 2.34. The average Bonchev–Trinajstić information content (AvgIpc) is 3.11. The molecule has 2 heterocycles. The van der Waals surface area contributed by atoms with Gasteiger partial charge in [0.2, 0.25) is 0 Å². The highest BCUT2D eigenvalue weighted by molar-refractivity contribution is 6.08. The fourth-order valence-corrected chi connectivity index (χ4v) is 3.61. The normalized spacial score (nSPS) is 11.4. The molecule has 3 aromatic carbocycles. The van der Waals surface area contributed by atoms with Crippen molar-refractivity contribution in [1.82, 2.24) is 14.8 Å². The molecule has 5 aromatic rings. The average molecular weight is 367 g/mol. The summed E-state index contributed by atoms with van der Waals surface area (Å²) in [6.45, 7) is 4.17. The number of pyridine rings is 1. The summed E-state index contributed by atoms with van der Waals surface area (Å²) in [6.07, 6.45) is 1.84. The summed E-state index contributed by atoms with van der Waals surface area (Å²) in [5, 5.41) is 6.59. The van der Waals surface area contributed by atoms with E-state index < -0.39 is 0 Å². The van der Waals surface area contributed by atoms with Gasteiger partial charge in [0.05, 0.1) is 16.7 Å². The van der Waals surface area contributed by atoms with Crippen LogP contribution < -0.4 is 0 Å². The molecule has 0 amide bonds. The second kappa shape index (κ2) is 6.27. The largest absolute Gasteiger partial charge is 0.255 e. The maximum absolute atomic E-state index is 14.1. The first-order valence-corrected chi connectivity index (χ1v) is 9.22. The predicted molar refractivity (Wildman–Crippen MR) is 111 cm³/mol. The molecule has 0 fully saturated rings. The summed E-state index contributed by atoms with van der Waals surface area (Å²) < 4.78 is 16.0. The van der Waals surface area contributed by atoms with Gasteiger partial charge in [-0.1, -0.05) is 36.4 Å². The van der Waals surface area contributed by atoms with E-state index in [1.807, 2.05) is 41.2 Å². The van der Waals surface area contributed by atoms with Crippen LogP contribution in [0.3, 0.4) is 0 Å². The summed E-state index contributed by atoms with van der Waals surface area (Å²) >= 11 is 0. The van der Waals surface area contributed by atoms with Crippen molar-refractivity contribution in [3.8, 4) is 16.9 Å². The third-order valence-corrected chi connectivity index (χ3v) is 5.25. The molecule has 0 aliphatic rings. The maximum atomic E-state index is 14.1. The van der Waals surface area contributed by atoms with Crippen molar-refractivity contribution in [2.24, 2.45) is 0 Å². The molecule has 28 heavy (non-hydrogen) atoms. The predicted octanol–water partition coefficient (Wildman–Crippen LogP) is 6.00. The van der Waals surface area contributed by atoms with Gasteiger partial charge in [-0.3, -0.25) is 4.98 Å². The van der Waals surface area contributed by atoms with Crippen molar-refractivity contribution >= 4 is 21.8 Å². The Morgan fingerprint density at radius 3 is 2.43 bits per heavy atom. The molecule has 0 radical (unpaired) electrons. The smallest absolute Gasteiger partial charge is 0.124 e. The van der Waals surface area contributed by atoms with Gasteiger partial charge in [0.1, 0.15) is 11.5 Å². The molecule has 0 N–H and O–H groups in total. The van der Waals surface area contributed by atoms with E-state index in [4.69, 9.17) is 5.10 Å². The zero-order valence-electron chi connectivity index (χ0n) is 15.6. The number of hydrogen-bond acceptors (Lipinski definition) is 2. The Morgan fingerprint density at radius 1 is 0.821 bits per heavy atom. The van der Waals surface area contributed by atoms with Crippen LogP contribution >= 0.6 is 0 Å². The number of benzene rings is 3. The SMILES string of the molecule is Cc1ccc(-n2nc(-c3ccccc3)c3cnc4ccc(F)cc4c32)cc1C. The molecule has 0 saturated carbocycles. The van der Waals surface area contributed by atoms with Crippen LogP contribution in [0.2, 0.25) is 0 Å². The van der Waals surface area contributed by atoms with Crippen LogP contribution in [-0.2, 0) is 0 Å². The summed E-state index contributed by atoms with van der Waals surface area (Å²) in [5.74, 6) is -0.282. The van der Waals surface area contributed by atoms with Gasteiger partial charge in [-0.2, -0.15) is 5.10 Å². The topological polar surface area (TPSA) is 30.7 Å².